The van der Waals surface area contributed by atoms with Gasteiger partial charge in [0.05, 0.1) is 6.10 Å². The molecule has 0 aromatic heterocycles. The predicted octanol–water partition coefficient (Wildman–Crippen LogP) is 1.42. The van der Waals surface area contributed by atoms with Gasteiger partial charge in [0, 0.05) is 25.6 Å². The summed E-state index contributed by atoms with van der Waals surface area (Å²) in [6.07, 6.45) is 2.28. The maximum Gasteiger partial charge on any atom is 0.251 e. The average molecular weight is 243 g/mol. The second-order valence-corrected chi connectivity index (χ2v) is 4.94. The lowest BCUT2D eigenvalue weighted by Gasteiger charge is -2.21. The van der Waals surface area contributed by atoms with E-state index in [9.17, 15) is 9.90 Å². The minimum atomic E-state index is -0.353. The van der Waals surface area contributed by atoms with Crippen molar-refractivity contribution in [2.45, 2.75) is 52.2 Å². The van der Waals surface area contributed by atoms with Gasteiger partial charge in [0.25, 0.3) is 5.91 Å². The van der Waals surface area contributed by atoms with Gasteiger partial charge in [-0.25, -0.2) is 0 Å². The SMILES string of the molecule is CCCCOC(C)C(=O)N1CCC(C(C)O)C1. The van der Waals surface area contributed by atoms with Crippen LogP contribution in [0.1, 0.15) is 40.0 Å². The average Bonchev–Trinajstić information content (AvgIpc) is 2.77. The predicted molar refractivity (Wildman–Crippen MR) is 66.7 cm³/mol. The Labute approximate surface area is 104 Å². The number of aliphatic hydroxyl groups is 1. The van der Waals surface area contributed by atoms with Crippen molar-refractivity contribution in [3.05, 3.63) is 0 Å². The van der Waals surface area contributed by atoms with Crippen LogP contribution in [0.25, 0.3) is 0 Å². The van der Waals surface area contributed by atoms with Gasteiger partial charge >= 0.3 is 0 Å². The quantitative estimate of drug-likeness (QED) is 0.718. The molecule has 1 aliphatic heterocycles. The molecule has 1 rings (SSSR count). The lowest BCUT2D eigenvalue weighted by molar-refractivity contribution is -0.141. The molecule has 0 radical (unpaired) electrons. The molecular formula is C13H25NO3. The zero-order chi connectivity index (χ0) is 12.8. The highest BCUT2D eigenvalue weighted by molar-refractivity contribution is 5.80. The summed E-state index contributed by atoms with van der Waals surface area (Å²) in [6.45, 7) is 7.77. The van der Waals surface area contributed by atoms with Gasteiger partial charge in [-0.3, -0.25) is 4.79 Å². The fourth-order valence-electron chi connectivity index (χ4n) is 2.11. The molecule has 3 unspecified atom stereocenters. The smallest absolute Gasteiger partial charge is 0.251 e. The number of nitrogens with zero attached hydrogens (tertiary/aromatic N) is 1. The van der Waals surface area contributed by atoms with E-state index >= 15 is 0 Å². The number of unbranched alkanes of at least 4 members (excludes halogenated alkanes) is 1. The van der Waals surface area contributed by atoms with Crippen LogP contribution in [0.5, 0.6) is 0 Å². The molecule has 1 aliphatic rings. The highest BCUT2D eigenvalue weighted by Gasteiger charge is 2.31. The van der Waals surface area contributed by atoms with Crippen LogP contribution >= 0.6 is 0 Å². The molecule has 1 fully saturated rings. The molecule has 0 spiro atoms. The van der Waals surface area contributed by atoms with E-state index in [4.69, 9.17) is 4.74 Å². The van der Waals surface area contributed by atoms with Crippen LogP contribution in [0, 0.1) is 5.92 Å². The number of amides is 1. The first-order chi connectivity index (χ1) is 8.06. The normalized spacial score (nSPS) is 23.8. The summed E-state index contributed by atoms with van der Waals surface area (Å²) in [4.78, 5) is 13.8. The van der Waals surface area contributed by atoms with E-state index < -0.39 is 0 Å². The third kappa shape index (κ3) is 4.28. The highest BCUT2D eigenvalue weighted by atomic mass is 16.5. The summed E-state index contributed by atoms with van der Waals surface area (Å²) in [5.41, 5.74) is 0. The third-order valence-electron chi connectivity index (χ3n) is 3.43. The van der Waals surface area contributed by atoms with Crippen LogP contribution in [0.15, 0.2) is 0 Å². The minimum Gasteiger partial charge on any atom is -0.393 e. The summed E-state index contributed by atoms with van der Waals surface area (Å²) in [6, 6.07) is 0. The fourth-order valence-corrected chi connectivity index (χ4v) is 2.11. The molecule has 17 heavy (non-hydrogen) atoms. The second kappa shape index (κ2) is 6.97. The lowest BCUT2D eigenvalue weighted by atomic mass is 10.0. The Bertz CT molecular complexity index is 243. The van der Waals surface area contributed by atoms with Crippen molar-refractivity contribution in [1.82, 2.24) is 4.90 Å². The zero-order valence-corrected chi connectivity index (χ0v) is 11.2. The maximum atomic E-state index is 12.0. The summed E-state index contributed by atoms with van der Waals surface area (Å²) in [5, 5.41) is 9.49. The van der Waals surface area contributed by atoms with Crippen molar-refractivity contribution in [2.24, 2.45) is 5.92 Å². The monoisotopic (exact) mass is 243 g/mol. The molecule has 1 amide bonds. The van der Waals surface area contributed by atoms with Gasteiger partial charge in [-0.15, -0.1) is 0 Å². The van der Waals surface area contributed by atoms with Crippen molar-refractivity contribution >= 4 is 5.91 Å². The second-order valence-electron chi connectivity index (χ2n) is 4.94. The molecule has 4 nitrogen and oxygen atoms in total. The van der Waals surface area contributed by atoms with E-state index in [1.807, 2.05) is 11.8 Å². The Morgan fingerprint density at radius 3 is 2.76 bits per heavy atom. The molecule has 0 bridgehead atoms. The standard InChI is InChI=1S/C13H25NO3/c1-4-5-8-17-11(3)13(16)14-7-6-12(9-14)10(2)15/h10-12,15H,4-9H2,1-3H3. The molecule has 1 saturated heterocycles. The number of hydrogen-bond acceptors (Lipinski definition) is 3. The largest absolute Gasteiger partial charge is 0.393 e. The zero-order valence-electron chi connectivity index (χ0n) is 11.2. The molecule has 1 heterocycles. The molecule has 1 N–H and O–H groups in total. The number of aliphatic hydroxyl groups excluding tert-OH is 1. The lowest BCUT2D eigenvalue weighted by Crippen LogP contribution is -2.38. The fraction of sp³-hybridized carbons (Fsp3) is 0.923. The van der Waals surface area contributed by atoms with Crippen LogP contribution < -0.4 is 0 Å². The molecule has 3 atom stereocenters. The van der Waals surface area contributed by atoms with Crippen LogP contribution in [-0.2, 0) is 9.53 Å². The van der Waals surface area contributed by atoms with E-state index in [1.165, 1.54) is 0 Å². The summed E-state index contributed by atoms with van der Waals surface area (Å²) in [5.74, 6) is 0.283. The Morgan fingerprint density at radius 1 is 1.53 bits per heavy atom. The molecular weight excluding hydrogens is 218 g/mol. The third-order valence-corrected chi connectivity index (χ3v) is 3.43. The number of hydrogen-bond donors (Lipinski definition) is 1. The van der Waals surface area contributed by atoms with Gasteiger partial charge in [-0.1, -0.05) is 13.3 Å². The van der Waals surface area contributed by atoms with E-state index in [0.717, 1.165) is 25.8 Å². The molecule has 0 aromatic rings. The molecule has 0 aliphatic carbocycles. The molecule has 4 heteroatoms. The summed E-state index contributed by atoms with van der Waals surface area (Å²) >= 11 is 0. The number of carbonyl (C=O) groups is 1. The van der Waals surface area contributed by atoms with Gasteiger partial charge in [0.2, 0.25) is 0 Å². The van der Waals surface area contributed by atoms with Crippen LogP contribution in [-0.4, -0.2) is 47.8 Å². The molecule has 0 aromatic carbocycles. The topological polar surface area (TPSA) is 49.8 Å². The first-order valence-electron chi connectivity index (χ1n) is 6.64. The van der Waals surface area contributed by atoms with Gasteiger partial charge in [0.15, 0.2) is 0 Å². The number of likely N-dealkylation sites (tertiary alicyclic amines) is 1. The number of ether oxygens (including phenoxy) is 1. The Hall–Kier alpha value is -0.610. The van der Waals surface area contributed by atoms with Gasteiger partial charge < -0.3 is 14.7 Å². The summed E-state index contributed by atoms with van der Waals surface area (Å²) < 4.78 is 5.50. The minimum absolute atomic E-state index is 0.0595. The number of rotatable bonds is 6. The van der Waals surface area contributed by atoms with Crippen molar-refractivity contribution < 1.29 is 14.6 Å². The van der Waals surface area contributed by atoms with E-state index in [0.29, 0.717) is 13.2 Å². The first-order valence-corrected chi connectivity index (χ1v) is 6.64. The number of carbonyl (C=O) groups excluding carboxylic acids is 1. The van der Waals surface area contributed by atoms with Crippen molar-refractivity contribution in [1.29, 1.82) is 0 Å². The van der Waals surface area contributed by atoms with E-state index in [2.05, 4.69) is 6.92 Å². The highest BCUT2D eigenvalue weighted by Crippen LogP contribution is 2.20. The van der Waals surface area contributed by atoms with Gasteiger partial charge in [-0.05, 0) is 26.7 Å². The summed E-state index contributed by atoms with van der Waals surface area (Å²) in [7, 11) is 0. The van der Waals surface area contributed by atoms with E-state index in [-0.39, 0.29) is 24.0 Å². The van der Waals surface area contributed by atoms with Crippen molar-refractivity contribution in [3.8, 4) is 0 Å². The van der Waals surface area contributed by atoms with E-state index in [1.54, 1.807) is 6.92 Å². The Kier molecular flexibility index (Phi) is 5.92. The Morgan fingerprint density at radius 2 is 2.24 bits per heavy atom. The molecule has 0 saturated carbocycles. The van der Waals surface area contributed by atoms with Crippen LogP contribution in [0.4, 0.5) is 0 Å². The maximum absolute atomic E-state index is 12.0. The van der Waals surface area contributed by atoms with Gasteiger partial charge in [-0.2, -0.15) is 0 Å². The van der Waals surface area contributed by atoms with Gasteiger partial charge in [0.1, 0.15) is 6.10 Å². The van der Waals surface area contributed by atoms with Crippen LogP contribution in [0.2, 0.25) is 0 Å². The van der Waals surface area contributed by atoms with Crippen LogP contribution in [0.3, 0.4) is 0 Å². The first kappa shape index (κ1) is 14.5. The van der Waals surface area contributed by atoms with Crippen molar-refractivity contribution in [2.75, 3.05) is 19.7 Å². The molecule has 100 valence electrons. The van der Waals surface area contributed by atoms with Crippen molar-refractivity contribution in [3.63, 3.8) is 0 Å². The Balaban J connectivity index is 2.32.